The molecule has 16 heteroatoms. The first kappa shape index (κ1) is 46.4. The number of hydrogen-bond acceptors (Lipinski definition) is 11. The first-order valence-corrected chi connectivity index (χ1v) is 20.1. The van der Waals surface area contributed by atoms with E-state index < -0.39 is 59.3 Å². The summed E-state index contributed by atoms with van der Waals surface area (Å²) in [7, 11) is 1.52. The van der Waals surface area contributed by atoms with Crippen LogP contribution in [0.4, 0.5) is 0 Å². The van der Waals surface area contributed by atoms with Crippen molar-refractivity contribution < 1.29 is 43.8 Å². The van der Waals surface area contributed by atoms with E-state index in [1.165, 1.54) is 14.0 Å². The lowest BCUT2D eigenvalue weighted by molar-refractivity contribution is -0.141. The average molecular weight is 809 g/mol. The molecule has 3 aromatic carbocycles. The topological polar surface area (TPSA) is 238 Å². The molecule has 0 radical (unpaired) electrons. The summed E-state index contributed by atoms with van der Waals surface area (Å²) in [6.07, 6.45) is 1.94. The lowest BCUT2D eigenvalue weighted by Crippen LogP contribution is -2.61. The lowest BCUT2D eigenvalue weighted by Gasteiger charge is -2.32. The van der Waals surface area contributed by atoms with Crippen molar-refractivity contribution in [2.45, 2.75) is 95.4 Å². The molecule has 15 nitrogen and oxygen atoms in total. The summed E-state index contributed by atoms with van der Waals surface area (Å²) in [5.74, 6) is -3.04. The third kappa shape index (κ3) is 14.8. The van der Waals surface area contributed by atoms with Gasteiger partial charge < -0.3 is 42.1 Å². The number of carbonyl (C=O) groups excluding carboxylic acids is 5. The van der Waals surface area contributed by atoms with E-state index in [0.29, 0.717) is 37.1 Å². The van der Waals surface area contributed by atoms with Crippen LogP contribution >= 0.6 is 11.8 Å². The number of ketones is 1. The molecular weight excluding hydrogens is 753 g/mol. The molecule has 0 aliphatic heterocycles. The Balaban J connectivity index is 1.91. The Morgan fingerprint density at radius 3 is 2.02 bits per heavy atom. The average Bonchev–Trinajstić information content (AvgIpc) is 3.19. The van der Waals surface area contributed by atoms with Crippen LogP contribution in [0.3, 0.4) is 0 Å². The number of hydroxylamine groups is 1. The number of thioether (sulfide) groups is 1. The van der Waals surface area contributed by atoms with Crippen molar-refractivity contribution in [3.8, 4) is 5.75 Å². The minimum atomic E-state index is -1.23. The molecule has 5 atom stereocenters. The highest BCUT2D eigenvalue weighted by Crippen LogP contribution is 2.21. The van der Waals surface area contributed by atoms with E-state index in [4.69, 9.17) is 10.5 Å². The Bertz CT molecular complexity index is 1830. The number of hydrogen-bond donors (Lipinski definition) is 8. The lowest BCUT2D eigenvalue weighted by atomic mass is 9.87. The van der Waals surface area contributed by atoms with Gasteiger partial charge in [0, 0.05) is 31.9 Å². The quantitative estimate of drug-likeness (QED) is 0.0456. The molecular formula is C41H56N6O9S. The molecule has 0 saturated heterocycles. The fourth-order valence-corrected chi connectivity index (χ4v) is 7.31. The third-order valence-corrected chi connectivity index (χ3v) is 10.7. The van der Waals surface area contributed by atoms with Crippen LogP contribution in [0.25, 0.3) is 10.8 Å². The SMILES string of the molecule is CCC(=O)[C@](C)(CCCCN)NC(=O)[C@H](Cc1ccc2ccccc2c1)NC(=O)[C@H](Cc1ccc(OC)cc1)NC(=O)[C@H](CSCC[C@H](NC(C)=O)C(=O)O)NO. The summed E-state index contributed by atoms with van der Waals surface area (Å²) < 4.78 is 5.27. The summed E-state index contributed by atoms with van der Waals surface area (Å²) in [6, 6.07) is 15.6. The Morgan fingerprint density at radius 2 is 1.42 bits per heavy atom. The molecule has 0 heterocycles. The van der Waals surface area contributed by atoms with E-state index in [1.54, 1.807) is 38.1 Å². The van der Waals surface area contributed by atoms with Crippen LogP contribution in [0.1, 0.15) is 64.0 Å². The maximum absolute atomic E-state index is 14.3. The predicted octanol–water partition coefficient (Wildman–Crippen LogP) is 2.65. The van der Waals surface area contributed by atoms with Crippen LogP contribution in [0.15, 0.2) is 66.7 Å². The molecule has 9 N–H and O–H groups in total. The first-order chi connectivity index (χ1) is 27.2. The molecule has 4 amide bonds. The zero-order chi connectivity index (χ0) is 42.0. The smallest absolute Gasteiger partial charge is 0.326 e. The highest BCUT2D eigenvalue weighted by molar-refractivity contribution is 7.99. The van der Waals surface area contributed by atoms with Crippen LogP contribution in [0.2, 0.25) is 0 Å². The number of unbranched alkanes of at least 4 members (excludes halogenated alkanes) is 1. The van der Waals surface area contributed by atoms with Crippen molar-refractivity contribution in [1.82, 2.24) is 26.7 Å². The number of nitrogens with one attached hydrogen (secondary N) is 5. The van der Waals surface area contributed by atoms with Crippen molar-refractivity contribution in [3.63, 3.8) is 0 Å². The molecule has 0 spiro atoms. The number of methoxy groups -OCH3 is 1. The maximum Gasteiger partial charge on any atom is 0.326 e. The van der Waals surface area contributed by atoms with Crippen molar-refractivity contribution in [2.24, 2.45) is 5.73 Å². The number of amides is 4. The van der Waals surface area contributed by atoms with E-state index in [2.05, 4.69) is 21.3 Å². The minimum Gasteiger partial charge on any atom is -0.497 e. The zero-order valence-electron chi connectivity index (χ0n) is 33.0. The molecule has 3 aromatic rings. The highest BCUT2D eigenvalue weighted by Gasteiger charge is 2.36. The van der Waals surface area contributed by atoms with Crippen molar-refractivity contribution in [3.05, 3.63) is 77.9 Å². The fraction of sp³-hybridized carbons (Fsp3) is 0.463. The maximum atomic E-state index is 14.3. The van der Waals surface area contributed by atoms with Gasteiger partial charge >= 0.3 is 5.97 Å². The number of benzene rings is 3. The zero-order valence-corrected chi connectivity index (χ0v) is 33.8. The van der Waals surface area contributed by atoms with Crippen LogP contribution in [-0.2, 0) is 41.6 Å². The monoisotopic (exact) mass is 808 g/mol. The fourth-order valence-electron chi connectivity index (χ4n) is 6.28. The van der Waals surface area contributed by atoms with Gasteiger partial charge in [-0.05, 0) is 78.9 Å². The normalized spacial score (nSPS) is 14.3. The third-order valence-electron chi connectivity index (χ3n) is 9.57. The van der Waals surface area contributed by atoms with E-state index in [1.807, 2.05) is 47.9 Å². The Kier molecular flexibility index (Phi) is 18.9. The van der Waals surface area contributed by atoms with E-state index in [9.17, 15) is 39.1 Å². The second-order valence-corrected chi connectivity index (χ2v) is 15.2. The molecule has 0 aliphatic rings. The highest BCUT2D eigenvalue weighted by atomic mass is 32.2. The Hall–Kier alpha value is -5.03. The second kappa shape index (κ2) is 23.3. The summed E-state index contributed by atoms with van der Waals surface area (Å²) in [5, 5.41) is 32.1. The summed E-state index contributed by atoms with van der Waals surface area (Å²) in [4.78, 5) is 78.2. The van der Waals surface area contributed by atoms with Gasteiger partial charge in [-0.2, -0.15) is 17.2 Å². The first-order valence-electron chi connectivity index (χ1n) is 19.0. The van der Waals surface area contributed by atoms with Crippen LogP contribution in [0.5, 0.6) is 5.75 Å². The number of Topliss-reactive ketones (excluding diaryl/α,β-unsaturated/α-hetero) is 1. The molecule has 310 valence electrons. The number of aliphatic carboxylic acids is 1. The number of carbonyl (C=O) groups is 6. The number of carboxylic acid groups (broad SMARTS) is 1. The summed E-state index contributed by atoms with van der Waals surface area (Å²) in [6.45, 7) is 5.05. The Morgan fingerprint density at radius 1 is 0.807 bits per heavy atom. The molecule has 0 aromatic heterocycles. The van der Waals surface area contributed by atoms with Gasteiger partial charge in [0.15, 0.2) is 5.78 Å². The number of ether oxygens (including phenoxy) is 1. The van der Waals surface area contributed by atoms with Gasteiger partial charge in [0.2, 0.25) is 23.6 Å². The van der Waals surface area contributed by atoms with Gasteiger partial charge in [0.25, 0.3) is 0 Å². The van der Waals surface area contributed by atoms with Gasteiger partial charge in [-0.1, -0.05) is 61.5 Å². The largest absolute Gasteiger partial charge is 0.497 e. The molecule has 0 fully saturated rings. The standard InChI is InChI=1S/C41H56N6O9S/c1-5-36(49)41(3,19-8-9-20-42)46-39(52)34(24-28-12-15-29-10-6-7-11-30(29)22-28)45-37(50)33(23-27-13-16-31(56-4)17-14-27)44-38(51)35(47-55)25-57-21-18-32(40(53)54)43-26(2)48/h6-7,10-17,22,32-35,47,55H,5,8-9,18-21,23-25,42H2,1-4H3,(H,43,48)(H,44,51)(H,45,50)(H,46,52)(H,53,54)/t32-,33-,34-,35-,41-/m0/s1. The molecule has 0 unspecified atom stereocenters. The molecule has 0 bridgehead atoms. The number of nitrogens with two attached hydrogens (primary N) is 1. The number of rotatable bonds is 25. The predicted molar refractivity (Wildman–Crippen MR) is 219 cm³/mol. The van der Waals surface area contributed by atoms with Crippen molar-refractivity contribution >= 4 is 57.9 Å². The van der Waals surface area contributed by atoms with Crippen LogP contribution in [-0.4, -0.2) is 101 Å². The summed E-state index contributed by atoms with van der Waals surface area (Å²) >= 11 is 1.16. The van der Waals surface area contributed by atoms with E-state index in [-0.39, 0.29) is 43.0 Å². The van der Waals surface area contributed by atoms with Gasteiger partial charge in [0.05, 0.1) is 12.6 Å². The molecule has 3 rings (SSSR count). The van der Waals surface area contributed by atoms with Crippen LogP contribution in [0, 0.1) is 0 Å². The van der Waals surface area contributed by atoms with Gasteiger partial charge in [-0.15, -0.1) is 0 Å². The van der Waals surface area contributed by atoms with E-state index in [0.717, 1.165) is 28.1 Å². The van der Waals surface area contributed by atoms with Gasteiger partial charge in [0.1, 0.15) is 29.9 Å². The summed E-state index contributed by atoms with van der Waals surface area (Å²) in [5.41, 5.74) is 7.88. The number of carboxylic acids is 1. The molecule has 0 aliphatic carbocycles. The Labute approximate surface area is 337 Å². The molecule has 57 heavy (non-hydrogen) atoms. The number of fused-ring (bicyclic) bond motifs is 1. The van der Waals surface area contributed by atoms with E-state index >= 15 is 0 Å². The van der Waals surface area contributed by atoms with Crippen molar-refractivity contribution in [1.29, 1.82) is 0 Å². The second-order valence-electron chi connectivity index (χ2n) is 14.0. The van der Waals surface area contributed by atoms with Crippen LogP contribution < -0.4 is 37.2 Å². The van der Waals surface area contributed by atoms with Gasteiger partial charge in [-0.25, -0.2) is 4.79 Å². The minimum absolute atomic E-state index is 0.000690. The molecule has 0 saturated carbocycles. The van der Waals surface area contributed by atoms with Crippen molar-refractivity contribution in [2.75, 3.05) is 25.2 Å². The van der Waals surface area contributed by atoms with Gasteiger partial charge in [-0.3, -0.25) is 24.0 Å².